The SMILES string of the molecule is CC1CCCN(CCOc2ccc(CNCc3ccc4c(c3)OCO4)cc2)C1. The third-order valence-corrected chi connectivity index (χ3v) is 5.44. The van der Waals surface area contributed by atoms with Crippen LogP contribution in [0.4, 0.5) is 0 Å². The molecule has 0 saturated carbocycles. The number of benzene rings is 2. The molecular formula is C23H30N2O3. The topological polar surface area (TPSA) is 43.0 Å². The number of likely N-dealkylation sites (tertiary alicyclic amines) is 1. The van der Waals surface area contributed by atoms with Crippen LogP contribution in [0.15, 0.2) is 42.5 Å². The molecule has 0 radical (unpaired) electrons. The highest BCUT2D eigenvalue weighted by Gasteiger charge is 2.15. The van der Waals surface area contributed by atoms with Crippen molar-refractivity contribution in [3.63, 3.8) is 0 Å². The molecule has 2 aromatic rings. The summed E-state index contributed by atoms with van der Waals surface area (Å²) in [5, 5.41) is 3.48. The average molecular weight is 383 g/mol. The van der Waals surface area contributed by atoms with E-state index >= 15 is 0 Å². The first-order valence-corrected chi connectivity index (χ1v) is 10.3. The number of hydrogen-bond donors (Lipinski definition) is 1. The normalized spacial score (nSPS) is 19.0. The van der Waals surface area contributed by atoms with E-state index in [-0.39, 0.29) is 0 Å². The molecule has 2 heterocycles. The highest BCUT2D eigenvalue weighted by molar-refractivity contribution is 5.44. The highest BCUT2D eigenvalue weighted by atomic mass is 16.7. The summed E-state index contributed by atoms with van der Waals surface area (Å²) in [5.74, 6) is 3.43. The van der Waals surface area contributed by atoms with Gasteiger partial charge in [0.25, 0.3) is 0 Å². The van der Waals surface area contributed by atoms with Crippen LogP contribution in [0.25, 0.3) is 0 Å². The lowest BCUT2D eigenvalue weighted by molar-refractivity contribution is 0.153. The van der Waals surface area contributed by atoms with Gasteiger partial charge in [0.2, 0.25) is 6.79 Å². The fourth-order valence-electron chi connectivity index (χ4n) is 3.89. The molecule has 1 unspecified atom stereocenters. The molecule has 0 aliphatic carbocycles. The van der Waals surface area contributed by atoms with Crippen molar-refractivity contribution in [1.29, 1.82) is 0 Å². The number of fused-ring (bicyclic) bond motifs is 1. The number of rotatable bonds is 8. The van der Waals surface area contributed by atoms with Crippen LogP contribution in [0.5, 0.6) is 17.2 Å². The Morgan fingerprint density at radius 2 is 1.82 bits per heavy atom. The molecule has 1 saturated heterocycles. The molecule has 0 aromatic heterocycles. The van der Waals surface area contributed by atoms with Crippen LogP contribution in [-0.4, -0.2) is 37.9 Å². The molecule has 5 heteroatoms. The van der Waals surface area contributed by atoms with E-state index in [2.05, 4.69) is 47.5 Å². The van der Waals surface area contributed by atoms with Crippen LogP contribution >= 0.6 is 0 Å². The van der Waals surface area contributed by atoms with Crippen LogP contribution < -0.4 is 19.5 Å². The van der Waals surface area contributed by atoms with E-state index in [1.54, 1.807) is 0 Å². The molecule has 0 spiro atoms. The van der Waals surface area contributed by atoms with Crippen molar-refractivity contribution < 1.29 is 14.2 Å². The molecule has 150 valence electrons. The van der Waals surface area contributed by atoms with Gasteiger partial charge in [-0.3, -0.25) is 4.90 Å². The molecular weight excluding hydrogens is 352 g/mol. The molecule has 5 nitrogen and oxygen atoms in total. The van der Waals surface area contributed by atoms with Gasteiger partial charge in [0, 0.05) is 26.2 Å². The monoisotopic (exact) mass is 382 g/mol. The zero-order chi connectivity index (χ0) is 19.2. The molecule has 28 heavy (non-hydrogen) atoms. The Hall–Kier alpha value is -2.24. The molecule has 1 N–H and O–H groups in total. The van der Waals surface area contributed by atoms with Gasteiger partial charge in [0.1, 0.15) is 12.4 Å². The minimum Gasteiger partial charge on any atom is -0.492 e. The second-order valence-electron chi connectivity index (χ2n) is 7.83. The van der Waals surface area contributed by atoms with E-state index in [1.807, 2.05) is 12.1 Å². The van der Waals surface area contributed by atoms with E-state index in [4.69, 9.17) is 14.2 Å². The minimum atomic E-state index is 0.317. The number of nitrogens with zero attached hydrogens (tertiary/aromatic N) is 1. The third kappa shape index (κ3) is 5.18. The molecule has 0 amide bonds. The van der Waals surface area contributed by atoms with Gasteiger partial charge in [-0.15, -0.1) is 0 Å². The molecule has 1 atom stereocenters. The molecule has 0 bridgehead atoms. The maximum absolute atomic E-state index is 5.93. The van der Waals surface area contributed by atoms with E-state index in [9.17, 15) is 0 Å². The average Bonchev–Trinajstić information content (AvgIpc) is 3.17. The van der Waals surface area contributed by atoms with E-state index < -0.39 is 0 Å². The Kier molecular flexibility index (Phi) is 6.34. The van der Waals surface area contributed by atoms with Crippen molar-refractivity contribution in [2.24, 2.45) is 5.92 Å². The summed E-state index contributed by atoms with van der Waals surface area (Å²) in [6, 6.07) is 14.5. The quantitative estimate of drug-likeness (QED) is 0.752. The number of piperidine rings is 1. The summed E-state index contributed by atoms with van der Waals surface area (Å²) < 4.78 is 16.7. The summed E-state index contributed by atoms with van der Waals surface area (Å²) in [6.45, 7) is 8.46. The molecule has 2 aliphatic rings. The summed E-state index contributed by atoms with van der Waals surface area (Å²) in [7, 11) is 0. The molecule has 4 rings (SSSR count). The Morgan fingerprint density at radius 1 is 1.04 bits per heavy atom. The first kappa shape index (κ1) is 19.1. The van der Waals surface area contributed by atoms with Gasteiger partial charge in [-0.2, -0.15) is 0 Å². The Labute approximate surface area is 167 Å². The Balaban J connectivity index is 1.17. The van der Waals surface area contributed by atoms with Crippen molar-refractivity contribution in [2.45, 2.75) is 32.9 Å². The minimum absolute atomic E-state index is 0.317. The van der Waals surface area contributed by atoms with Crippen LogP contribution in [0, 0.1) is 5.92 Å². The van der Waals surface area contributed by atoms with Crippen molar-refractivity contribution in [1.82, 2.24) is 10.2 Å². The molecule has 1 fully saturated rings. The van der Waals surface area contributed by atoms with E-state index in [1.165, 1.54) is 37.1 Å². The van der Waals surface area contributed by atoms with Crippen molar-refractivity contribution in [2.75, 3.05) is 33.0 Å². The summed E-state index contributed by atoms with van der Waals surface area (Å²) in [4.78, 5) is 2.52. The molecule has 2 aromatic carbocycles. The first-order valence-electron chi connectivity index (χ1n) is 10.3. The summed E-state index contributed by atoms with van der Waals surface area (Å²) in [5.41, 5.74) is 2.44. The maximum atomic E-state index is 5.93. The number of ether oxygens (including phenoxy) is 3. The van der Waals surface area contributed by atoms with Gasteiger partial charge in [-0.1, -0.05) is 25.1 Å². The van der Waals surface area contributed by atoms with Crippen LogP contribution in [0.2, 0.25) is 0 Å². The lowest BCUT2D eigenvalue weighted by atomic mass is 10.0. The van der Waals surface area contributed by atoms with Gasteiger partial charge < -0.3 is 19.5 Å². The van der Waals surface area contributed by atoms with E-state index in [0.717, 1.165) is 49.4 Å². The first-order chi connectivity index (χ1) is 13.8. The van der Waals surface area contributed by atoms with Crippen molar-refractivity contribution >= 4 is 0 Å². The van der Waals surface area contributed by atoms with Gasteiger partial charge in [-0.25, -0.2) is 0 Å². The zero-order valence-corrected chi connectivity index (χ0v) is 16.7. The lowest BCUT2D eigenvalue weighted by Gasteiger charge is -2.30. The van der Waals surface area contributed by atoms with Crippen LogP contribution in [0.1, 0.15) is 30.9 Å². The highest BCUT2D eigenvalue weighted by Crippen LogP contribution is 2.32. The maximum Gasteiger partial charge on any atom is 0.231 e. The zero-order valence-electron chi connectivity index (χ0n) is 16.7. The number of nitrogens with one attached hydrogen (secondary N) is 1. The molecule has 2 aliphatic heterocycles. The van der Waals surface area contributed by atoms with E-state index in [0.29, 0.717) is 6.79 Å². The fraction of sp³-hybridized carbons (Fsp3) is 0.478. The third-order valence-electron chi connectivity index (χ3n) is 5.44. The smallest absolute Gasteiger partial charge is 0.231 e. The second-order valence-corrected chi connectivity index (χ2v) is 7.83. The van der Waals surface area contributed by atoms with Gasteiger partial charge in [0.15, 0.2) is 11.5 Å². The lowest BCUT2D eigenvalue weighted by Crippen LogP contribution is -2.37. The standard InChI is InChI=1S/C23H30N2O3/c1-18-3-2-10-25(16-18)11-12-26-21-7-4-19(5-8-21)14-24-15-20-6-9-22-23(13-20)28-17-27-22/h4-9,13,18,24H,2-3,10-12,14-17H2,1H3. The predicted octanol–water partition coefficient (Wildman–Crippen LogP) is 3.82. The van der Waals surface area contributed by atoms with Gasteiger partial charge >= 0.3 is 0 Å². The van der Waals surface area contributed by atoms with Gasteiger partial charge in [0.05, 0.1) is 0 Å². The van der Waals surface area contributed by atoms with Crippen LogP contribution in [0.3, 0.4) is 0 Å². The summed E-state index contributed by atoms with van der Waals surface area (Å²) >= 11 is 0. The Bertz CT molecular complexity index is 763. The summed E-state index contributed by atoms with van der Waals surface area (Å²) in [6.07, 6.45) is 2.68. The predicted molar refractivity (Wildman–Crippen MR) is 110 cm³/mol. The number of hydrogen-bond acceptors (Lipinski definition) is 5. The Morgan fingerprint density at radius 3 is 2.68 bits per heavy atom. The van der Waals surface area contributed by atoms with Gasteiger partial charge in [-0.05, 0) is 60.7 Å². The van der Waals surface area contributed by atoms with Crippen LogP contribution in [-0.2, 0) is 13.1 Å². The largest absolute Gasteiger partial charge is 0.492 e. The fourth-order valence-corrected chi connectivity index (χ4v) is 3.89. The van der Waals surface area contributed by atoms with Crippen molar-refractivity contribution in [3.8, 4) is 17.2 Å². The van der Waals surface area contributed by atoms with Crippen molar-refractivity contribution in [3.05, 3.63) is 53.6 Å². The second kappa shape index (κ2) is 9.30.